The molecule has 0 aromatic heterocycles. The number of fused-ring (bicyclic) bond motifs is 7. The van der Waals surface area contributed by atoms with Crippen LogP contribution in [0.25, 0.3) is 0 Å². The molecule has 18 atom stereocenters. The van der Waals surface area contributed by atoms with E-state index < -0.39 is 90.7 Å². The van der Waals surface area contributed by atoms with Crippen LogP contribution in [0.15, 0.2) is 11.6 Å². The third-order valence-corrected chi connectivity index (χ3v) is 17.0. The van der Waals surface area contributed by atoms with Crippen LogP contribution in [-0.2, 0) is 23.7 Å². The maximum Gasteiger partial charge on any atom is 0.315 e. The quantitative estimate of drug-likeness (QED) is 0.114. The Hall–Kier alpha value is -1.23. The Morgan fingerprint density at radius 1 is 0.778 bits per heavy atom. The summed E-state index contributed by atoms with van der Waals surface area (Å²) in [5.41, 5.74) is -1.34. The largest absolute Gasteiger partial charge is 0.432 e. The van der Waals surface area contributed by atoms with E-state index in [0.717, 1.165) is 37.7 Å². The Labute approximate surface area is 319 Å². The molecule has 7 aliphatic rings. The van der Waals surface area contributed by atoms with Gasteiger partial charge in [-0.05, 0) is 96.7 Å². The van der Waals surface area contributed by atoms with E-state index in [-0.39, 0.29) is 40.3 Å². The highest BCUT2D eigenvalue weighted by molar-refractivity contribution is 5.79. The van der Waals surface area contributed by atoms with Crippen LogP contribution in [0.2, 0.25) is 0 Å². The van der Waals surface area contributed by atoms with E-state index in [0.29, 0.717) is 31.6 Å². The number of esters is 1. The summed E-state index contributed by atoms with van der Waals surface area (Å²) < 4.78 is 23.7. The number of ether oxygens (including phenoxy) is 4. The molecular weight excluding hydrogens is 700 g/mol. The number of carbonyl (C=O) groups excluding carboxylic acids is 1. The number of aliphatic hydroxyl groups excluding tert-OH is 8. The van der Waals surface area contributed by atoms with Gasteiger partial charge in [0.25, 0.3) is 0 Å². The second kappa shape index (κ2) is 13.7. The van der Waals surface area contributed by atoms with Crippen molar-refractivity contribution in [1.29, 1.82) is 0 Å². The first-order chi connectivity index (χ1) is 25.1. The third-order valence-electron chi connectivity index (χ3n) is 17.0. The molecule has 308 valence electrons. The Bertz CT molecular complexity index is 1470. The van der Waals surface area contributed by atoms with Crippen LogP contribution in [-0.4, -0.2) is 128 Å². The second-order valence-corrected chi connectivity index (χ2v) is 20.2. The molecule has 2 heterocycles. The number of hydrogen-bond donors (Lipinski definition) is 8. The molecule has 8 N–H and O–H groups in total. The van der Waals surface area contributed by atoms with Crippen molar-refractivity contribution < 1.29 is 64.6 Å². The molecule has 4 saturated carbocycles. The molecule has 0 amide bonds. The van der Waals surface area contributed by atoms with Crippen LogP contribution in [0.3, 0.4) is 0 Å². The predicted octanol–water partition coefficient (Wildman–Crippen LogP) is 1.93. The molecule has 0 aromatic rings. The molecule has 13 heteroatoms. The molecule has 0 spiro atoms. The van der Waals surface area contributed by atoms with Crippen molar-refractivity contribution in [2.24, 2.45) is 50.2 Å². The van der Waals surface area contributed by atoms with Gasteiger partial charge in [0.1, 0.15) is 42.7 Å². The molecule has 0 unspecified atom stereocenters. The third kappa shape index (κ3) is 5.76. The molecule has 2 saturated heterocycles. The molecule has 7 rings (SSSR count). The van der Waals surface area contributed by atoms with Gasteiger partial charge in [0.2, 0.25) is 6.29 Å². The minimum absolute atomic E-state index is 0.0653. The summed E-state index contributed by atoms with van der Waals surface area (Å²) in [6, 6.07) is 0. The SMILES string of the molecule is CC1(C)CC[C@]2(C(=O)O[C@@H]3O[C@H](CO)[C@@H](O)[C@H](O)[C@H]3O)CC[C@]3(C)C(=CC[C@@H]4[C@@]5(C)CC[C@H](O[C@@H]6OC[C@@H](O)[C@H](O)[C@H]6O)C(C)(C)[C@@H]5CC[C@]43C)[C@@H]2[C@@H]1O. The van der Waals surface area contributed by atoms with Gasteiger partial charge in [0, 0.05) is 5.92 Å². The highest BCUT2D eigenvalue weighted by atomic mass is 16.7. The molecule has 0 aromatic carbocycles. The van der Waals surface area contributed by atoms with Gasteiger partial charge < -0.3 is 59.8 Å². The van der Waals surface area contributed by atoms with Crippen LogP contribution in [0.5, 0.6) is 0 Å². The first-order valence-electron chi connectivity index (χ1n) is 20.3. The van der Waals surface area contributed by atoms with Crippen LogP contribution >= 0.6 is 0 Å². The molecule has 54 heavy (non-hydrogen) atoms. The number of carbonyl (C=O) groups is 1. The maximum absolute atomic E-state index is 14.6. The van der Waals surface area contributed by atoms with Gasteiger partial charge in [0.05, 0.1) is 30.8 Å². The predicted molar refractivity (Wildman–Crippen MR) is 193 cm³/mol. The highest BCUT2D eigenvalue weighted by Crippen LogP contribution is 2.76. The van der Waals surface area contributed by atoms with E-state index in [4.69, 9.17) is 18.9 Å². The van der Waals surface area contributed by atoms with Gasteiger partial charge in [-0.1, -0.05) is 60.1 Å². The first kappa shape index (κ1) is 40.9. The van der Waals surface area contributed by atoms with Crippen LogP contribution < -0.4 is 0 Å². The fourth-order valence-corrected chi connectivity index (χ4v) is 13.3. The fraction of sp³-hybridized carbons (Fsp3) is 0.927. The van der Waals surface area contributed by atoms with Gasteiger partial charge in [-0.2, -0.15) is 0 Å². The molecule has 5 aliphatic carbocycles. The zero-order chi connectivity index (χ0) is 39.6. The van der Waals surface area contributed by atoms with Crippen LogP contribution in [0.1, 0.15) is 106 Å². The molecular formula is C41H66O13. The topological polar surface area (TPSA) is 216 Å². The summed E-state index contributed by atoms with van der Waals surface area (Å²) in [5.74, 6) is -0.566. The number of aliphatic hydroxyl groups is 8. The molecule has 13 nitrogen and oxygen atoms in total. The highest BCUT2D eigenvalue weighted by Gasteiger charge is 2.71. The lowest BCUT2D eigenvalue weighted by Gasteiger charge is -2.71. The molecule has 2 aliphatic heterocycles. The number of rotatable bonds is 5. The average Bonchev–Trinajstić information content (AvgIpc) is 3.11. The van der Waals surface area contributed by atoms with Crippen molar-refractivity contribution in [1.82, 2.24) is 0 Å². The van der Waals surface area contributed by atoms with Crippen molar-refractivity contribution in [3.63, 3.8) is 0 Å². The Morgan fingerprint density at radius 3 is 2.13 bits per heavy atom. The van der Waals surface area contributed by atoms with Crippen LogP contribution in [0.4, 0.5) is 0 Å². The summed E-state index contributed by atoms with van der Waals surface area (Å²) in [7, 11) is 0. The van der Waals surface area contributed by atoms with Gasteiger partial charge in [0.15, 0.2) is 6.29 Å². The van der Waals surface area contributed by atoms with Crippen molar-refractivity contribution in [3.05, 3.63) is 11.6 Å². The monoisotopic (exact) mass is 766 g/mol. The van der Waals surface area contributed by atoms with Gasteiger partial charge >= 0.3 is 5.97 Å². The van der Waals surface area contributed by atoms with E-state index in [1.165, 1.54) is 0 Å². The van der Waals surface area contributed by atoms with Gasteiger partial charge in [-0.15, -0.1) is 0 Å². The standard InChI is InChI=1S/C41H66O13/c1-36(2)14-16-41(35(50)54-34-31(48)29(46)28(45)22(18-42)52-34)17-15-39(6)20(26(41)32(36)49)8-9-24-38(5)12-11-25(37(3,4)23(38)10-13-40(24,39)7)53-33-30(47)27(44)21(43)19-51-33/h8,21-34,42-49H,9-19H2,1-7H3/t21-,22-,23+,24-,25+,26-,27+,28-,29+,30-,31-,32+,33+,34+,38+,39-,40-,41+/m1/s1. The van der Waals surface area contributed by atoms with Crippen molar-refractivity contribution >= 4 is 5.97 Å². The lowest BCUT2D eigenvalue weighted by Crippen LogP contribution is -2.67. The maximum atomic E-state index is 14.6. The fourth-order valence-electron chi connectivity index (χ4n) is 13.3. The van der Waals surface area contributed by atoms with Crippen molar-refractivity contribution in [2.75, 3.05) is 13.2 Å². The van der Waals surface area contributed by atoms with E-state index >= 15 is 0 Å². The summed E-state index contributed by atoms with van der Waals surface area (Å²) in [6.45, 7) is 15.0. The lowest BCUT2D eigenvalue weighted by molar-refractivity contribution is -0.308. The molecule has 0 radical (unpaired) electrons. The number of hydrogen-bond acceptors (Lipinski definition) is 13. The average molecular weight is 767 g/mol. The Kier molecular flexibility index (Phi) is 10.4. The van der Waals surface area contributed by atoms with E-state index in [1.54, 1.807) is 0 Å². The Balaban J connectivity index is 1.18. The smallest absolute Gasteiger partial charge is 0.315 e. The number of allylic oxidation sites excluding steroid dienone is 1. The summed E-state index contributed by atoms with van der Waals surface area (Å²) in [6.07, 6.45) is -4.89. The zero-order valence-corrected chi connectivity index (χ0v) is 33.1. The van der Waals surface area contributed by atoms with E-state index in [1.807, 2.05) is 13.8 Å². The van der Waals surface area contributed by atoms with Gasteiger partial charge in [-0.3, -0.25) is 4.79 Å². The van der Waals surface area contributed by atoms with E-state index in [2.05, 4.69) is 40.7 Å². The lowest BCUT2D eigenvalue weighted by atomic mass is 9.33. The molecule has 6 fully saturated rings. The Morgan fingerprint density at radius 2 is 1.44 bits per heavy atom. The minimum atomic E-state index is -1.71. The van der Waals surface area contributed by atoms with E-state index in [9.17, 15) is 45.6 Å². The summed E-state index contributed by atoms with van der Waals surface area (Å²) in [4.78, 5) is 14.6. The van der Waals surface area contributed by atoms with Crippen molar-refractivity contribution in [2.45, 2.75) is 174 Å². The summed E-state index contributed by atoms with van der Waals surface area (Å²) in [5, 5.41) is 84.6. The van der Waals surface area contributed by atoms with Crippen molar-refractivity contribution in [3.8, 4) is 0 Å². The first-order valence-corrected chi connectivity index (χ1v) is 20.3. The van der Waals surface area contributed by atoms with Gasteiger partial charge in [-0.25, -0.2) is 0 Å². The normalized spacial score (nSPS) is 53.9. The summed E-state index contributed by atoms with van der Waals surface area (Å²) >= 11 is 0. The second-order valence-electron chi connectivity index (χ2n) is 20.2. The zero-order valence-electron chi connectivity index (χ0n) is 33.1. The van der Waals surface area contributed by atoms with Crippen LogP contribution in [0, 0.1) is 50.2 Å². The minimum Gasteiger partial charge on any atom is -0.432 e. The molecule has 0 bridgehead atoms.